The number of nitrogens with zero attached hydrogens (tertiary/aromatic N) is 1. The number of furan rings is 1. The van der Waals surface area contributed by atoms with E-state index in [9.17, 15) is 0 Å². The van der Waals surface area contributed by atoms with Crippen molar-refractivity contribution in [2.45, 2.75) is 13.0 Å². The van der Waals surface area contributed by atoms with Crippen molar-refractivity contribution >= 4 is 5.69 Å². The number of anilines is 1. The Hall–Kier alpha value is -1.74. The van der Waals surface area contributed by atoms with Crippen LogP contribution in [0, 0.1) is 5.92 Å². The van der Waals surface area contributed by atoms with Crippen LogP contribution >= 0.6 is 0 Å². The Kier molecular flexibility index (Phi) is 3.84. The Labute approximate surface area is 114 Å². The van der Waals surface area contributed by atoms with Crippen LogP contribution in [-0.4, -0.2) is 19.6 Å². The van der Waals surface area contributed by atoms with E-state index < -0.39 is 0 Å². The molecule has 1 fully saturated rings. The molecule has 0 aliphatic carbocycles. The van der Waals surface area contributed by atoms with Crippen molar-refractivity contribution in [3.05, 3.63) is 54.5 Å². The number of para-hydroxylation sites is 1. The van der Waals surface area contributed by atoms with Gasteiger partial charge < -0.3 is 14.6 Å². The molecule has 0 saturated carbocycles. The van der Waals surface area contributed by atoms with Crippen LogP contribution in [0.4, 0.5) is 5.69 Å². The predicted octanol–water partition coefficient (Wildman–Crippen LogP) is 2.90. The molecule has 0 spiro atoms. The third-order valence-corrected chi connectivity index (χ3v) is 3.72. The van der Waals surface area contributed by atoms with Crippen LogP contribution in [0.25, 0.3) is 0 Å². The minimum Gasteiger partial charge on any atom is -0.468 e. The van der Waals surface area contributed by atoms with Crippen molar-refractivity contribution in [1.82, 2.24) is 5.32 Å². The fraction of sp³-hybridized carbons (Fsp3) is 0.375. The van der Waals surface area contributed by atoms with Crippen molar-refractivity contribution < 1.29 is 4.42 Å². The lowest BCUT2D eigenvalue weighted by molar-refractivity contribution is 0.454. The van der Waals surface area contributed by atoms with Gasteiger partial charge in [-0.3, -0.25) is 0 Å². The highest BCUT2D eigenvalue weighted by Gasteiger charge is 2.22. The fourth-order valence-electron chi connectivity index (χ4n) is 2.69. The summed E-state index contributed by atoms with van der Waals surface area (Å²) in [6.07, 6.45) is 2.99. The molecule has 0 amide bonds. The van der Waals surface area contributed by atoms with Gasteiger partial charge in [0.25, 0.3) is 0 Å². The standard InChI is InChI=1S/C16H20N2O/c1-2-5-15(6-3-1)18-9-8-14(13-18)11-17-12-16-7-4-10-19-16/h1-7,10,14,17H,8-9,11-13H2. The Bertz CT molecular complexity index is 481. The van der Waals surface area contributed by atoms with Crippen LogP contribution in [0.5, 0.6) is 0 Å². The summed E-state index contributed by atoms with van der Waals surface area (Å²) in [7, 11) is 0. The lowest BCUT2D eigenvalue weighted by atomic mass is 10.1. The van der Waals surface area contributed by atoms with Crippen LogP contribution in [-0.2, 0) is 6.54 Å². The quantitative estimate of drug-likeness (QED) is 0.891. The maximum absolute atomic E-state index is 5.32. The summed E-state index contributed by atoms with van der Waals surface area (Å²) in [6, 6.07) is 14.6. The second kappa shape index (κ2) is 5.93. The minimum absolute atomic E-state index is 0.732. The van der Waals surface area contributed by atoms with Crippen LogP contribution in [0.3, 0.4) is 0 Å². The van der Waals surface area contributed by atoms with Gasteiger partial charge in [-0.25, -0.2) is 0 Å². The first-order valence-corrected chi connectivity index (χ1v) is 6.95. The first kappa shape index (κ1) is 12.3. The second-order valence-corrected chi connectivity index (χ2v) is 5.15. The van der Waals surface area contributed by atoms with Gasteiger partial charge in [0.2, 0.25) is 0 Å². The van der Waals surface area contributed by atoms with E-state index in [0.29, 0.717) is 0 Å². The molecule has 0 bridgehead atoms. The van der Waals surface area contributed by atoms with Crippen molar-refractivity contribution in [3.63, 3.8) is 0 Å². The highest BCUT2D eigenvalue weighted by molar-refractivity contribution is 5.46. The zero-order chi connectivity index (χ0) is 12.9. The third-order valence-electron chi connectivity index (χ3n) is 3.72. The van der Waals surface area contributed by atoms with Gasteiger partial charge in [0.1, 0.15) is 5.76 Å². The summed E-state index contributed by atoms with van der Waals surface area (Å²) in [4.78, 5) is 2.47. The molecule has 1 N–H and O–H groups in total. The lowest BCUT2D eigenvalue weighted by Crippen LogP contribution is -2.26. The largest absolute Gasteiger partial charge is 0.468 e. The topological polar surface area (TPSA) is 28.4 Å². The smallest absolute Gasteiger partial charge is 0.117 e. The molecule has 19 heavy (non-hydrogen) atoms. The fourth-order valence-corrected chi connectivity index (χ4v) is 2.69. The van der Waals surface area contributed by atoms with Crippen molar-refractivity contribution in [1.29, 1.82) is 0 Å². The highest BCUT2D eigenvalue weighted by atomic mass is 16.3. The summed E-state index contributed by atoms with van der Waals surface area (Å²) in [6.45, 7) is 4.20. The minimum atomic E-state index is 0.732. The normalized spacial score (nSPS) is 18.9. The van der Waals surface area contributed by atoms with Crippen LogP contribution in [0.1, 0.15) is 12.2 Å². The number of benzene rings is 1. The Morgan fingerprint density at radius 3 is 2.84 bits per heavy atom. The van der Waals surface area contributed by atoms with Gasteiger partial charge in [-0.05, 0) is 36.6 Å². The van der Waals surface area contributed by atoms with E-state index in [4.69, 9.17) is 4.42 Å². The molecule has 1 aromatic carbocycles. The monoisotopic (exact) mass is 256 g/mol. The van der Waals surface area contributed by atoms with Gasteiger partial charge in [0.05, 0.1) is 12.8 Å². The maximum Gasteiger partial charge on any atom is 0.117 e. The summed E-state index contributed by atoms with van der Waals surface area (Å²) in [5.41, 5.74) is 1.34. The van der Waals surface area contributed by atoms with Gasteiger partial charge in [0, 0.05) is 25.3 Å². The molecule has 3 nitrogen and oxygen atoms in total. The van der Waals surface area contributed by atoms with E-state index in [2.05, 4.69) is 40.5 Å². The van der Waals surface area contributed by atoms with Gasteiger partial charge >= 0.3 is 0 Å². The summed E-state index contributed by atoms with van der Waals surface area (Å²) in [5, 5.41) is 3.48. The molecule has 2 heterocycles. The maximum atomic E-state index is 5.32. The van der Waals surface area contributed by atoms with Gasteiger partial charge in [-0.1, -0.05) is 18.2 Å². The molecule has 1 atom stereocenters. The molecule has 1 aromatic heterocycles. The number of nitrogens with one attached hydrogen (secondary N) is 1. The van der Waals surface area contributed by atoms with Gasteiger partial charge in [-0.15, -0.1) is 0 Å². The molecule has 1 saturated heterocycles. The van der Waals surface area contributed by atoms with E-state index in [0.717, 1.165) is 37.9 Å². The zero-order valence-electron chi connectivity index (χ0n) is 11.1. The highest BCUT2D eigenvalue weighted by Crippen LogP contribution is 2.22. The van der Waals surface area contributed by atoms with E-state index >= 15 is 0 Å². The SMILES string of the molecule is c1ccc(N2CCC(CNCc3ccco3)C2)cc1. The van der Waals surface area contributed by atoms with Crippen molar-refractivity contribution in [2.75, 3.05) is 24.5 Å². The number of hydrogen-bond acceptors (Lipinski definition) is 3. The Balaban J connectivity index is 1.44. The Morgan fingerprint density at radius 2 is 2.05 bits per heavy atom. The van der Waals surface area contributed by atoms with Crippen molar-refractivity contribution in [3.8, 4) is 0 Å². The zero-order valence-corrected chi connectivity index (χ0v) is 11.1. The van der Waals surface area contributed by atoms with E-state index in [1.807, 2.05) is 12.1 Å². The average Bonchev–Trinajstić information content (AvgIpc) is 3.11. The van der Waals surface area contributed by atoms with Gasteiger partial charge in [-0.2, -0.15) is 0 Å². The molecule has 3 rings (SSSR count). The first-order valence-electron chi connectivity index (χ1n) is 6.95. The molecule has 2 aromatic rings. The number of hydrogen-bond donors (Lipinski definition) is 1. The predicted molar refractivity (Wildman–Crippen MR) is 77.2 cm³/mol. The molecule has 3 heteroatoms. The van der Waals surface area contributed by atoms with E-state index in [1.54, 1.807) is 6.26 Å². The molecular formula is C16H20N2O. The molecular weight excluding hydrogens is 236 g/mol. The average molecular weight is 256 g/mol. The first-order chi connectivity index (χ1) is 9.42. The van der Waals surface area contributed by atoms with E-state index in [-0.39, 0.29) is 0 Å². The molecule has 1 unspecified atom stereocenters. The van der Waals surface area contributed by atoms with Gasteiger partial charge in [0.15, 0.2) is 0 Å². The molecule has 0 radical (unpaired) electrons. The van der Waals surface area contributed by atoms with Crippen molar-refractivity contribution in [2.24, 2.45) is 5.92 Å². The Morgan fingerprint density at radius 1 is 1.16 bits per heavy atom. The molecule has 1 aliphatic rings. The third kappa shape index (κ3) is 3.18. The van der Waals surface area contributed by atoms with Crippen LogP contribution in [0.15, 0.2) is 53.1 Å². The van der Waals surface area contributed by atoms with Crippen LogP contribution < -0.4 is 10.2 Å². The summed E-state index contributed by atoms with van der Waals surface area (Å²) >= 11 is 0. The molecule has 100 valence electrons. The van der Waals surface area contributed by atoms with Crippen LogP contribution in [0.2, 0.25) is 0 Å². The second-order valence-electron chi connectivity index (χ2n) is 5.15. The van der Waals surface area contributed by atoms with E-state index in [1.165, 1.54) is 12.1 Å². The summed E-state index contributed by atoms with van der Waals surface area (Å²) in [5.74, 6) is 1.74. The molecule has 1 aliphatic heterocycles. The lowest BCUT2D eigenvalue weighted by Gasteiger charge is -2.18. The summed E-state index contributed by atoms with van der Waals surface area (Å²) < 4.78 is 5.32. The number of rotatable bonds is 5.